The molecular weight excluding hydrogens is 422 g/mol. The Morgan fingerprint density at radius 3 is 2.45 bits per heavy atom. The number of amides is 1. The summed E-state index contributed by atoms with van der Waals surface area (Å²) in [6.45, 7) is 0.360. The Morgan fingerprint density at radius 2 is 1.88 bits per heavy atom. The molecule has 4 aliphatic rings. The van der Waals surface area contributed by atoms with Crippen LogP contribution in [0.2, 0.25) is 0 Å². The van der Waals surface area contributed by atoms with Crippen molar-refractivity contribution in [3.63, 3.8) is 0 Å². The van der Waals surface area contributed by atoms with Crippen molar-refractivity contribution in [2.24, 2.45) is 39.9 Å². The van der Waals surface area contributed by atoms with E-state index in [0.29, 0.717) is 25.8 Å². The van der Waals surface area contributed by atoms with Gasteiger partial charge < -0.3 is 32.2 Å². The minimum atomic E-state index is -0.806. The van der Waals surface area contributed by atoms with Crippen molar-refractivity contribution in [2.45, 2.75) is 75.3 Å². The van der Waals surface area contributed by atoms with Gasteiger partial charge >= 0.3 is 5.97 Å². The molecule has 33 heavy (non-hydrogen) atoms. The SMILES string of the molecule is COC(=O)[C@H](CCCN=C(N)N)NC(=O)[C@@H](N)Cc1cnc(C23CC4CC(CC(C4)C2)C3)[nH]1. The summed E-state index contributed by atoms with van der Waals surface area (Å²) in [4.78, 5) is 36.9. The van der Waals surface area contributed by atoms with E-state index in [1.165, 1.54) is 45.6 Å². The first-order valence-corrected chi connectivity index (χ1v) is 12.0. The first kappa shape index (κ1) is 23.5. The Morgan fingerprint density at radius 1 is 1.24 bits per heavy atom. The van der Waals surface area contributed by atoms with Crippen LogP contribution in [0.5, 0.6) is 0 Å². The lowest BCUT2D eigenvalue weighted by Gasteiger charge is -2.56. The molecule has 1 aromatic heterocycles. The van der Waals surface area contributed by atoms with E-state index in [1.807, 2.05) is 6.20 Å². The van der Waals surface area contributed by atoms with Gasteiger partial charge in [0, 0.05) is 30.3 Å². The summed E-state index contributed by atoms with van der Waals surface area (Å²) in [6.07, 6.45) is 10.8. The number of nitrogens with one attached hydrogen (secondary N) is 2. The Bertz CT molecular complexity index is 857. The minimum absolute atomic E-state index is 0.0110. The van der Waals surface area contributed by atoms with Gasteiger partial charge in [-0.3, -0.25) is 9.79 Å². The molecule has 1 heterocycles. The predicted octanol–water partition coefficient (Wildman–Crippen LogP) is 0.459. The molecule has 4 fully saturated rings. The molecule has 0 aromatic carbocycles. The lowest BCUT2D eigenvalue weighted by Crippen LogP contribution is -2.49. The summed E-state index contributed by atoms with van der Waals surface area (Å²) in [5.74, 6) is 2.63. The topological polar surface area (TPSA) is 174 Å². The molecule has 1 amide bonds. The van der Waals surface area contributed by atoms with E-state index in [1.54, 1.807) is 0 Å². The monoisotopic (exact) mass is 459 g/mol. The van der Waals surface area contributed by atoms with Gasteiger partial charge in [0.2, 0.25) is 5.91 Å². The number of hydrogen-bond donors (Lipinski definition) is 5. The first-order valence-electron chi connectivity index (χ1n) is 12.0. The van der Waals surface area contributed by atoms with Crippen molar-refractivity contribution >= 4 is 17.8 Å². The van der Waals surface area contributed by atoms with Gasteiger partial charge in [-0.05, 0) is 69.1 Å². The Kier molecular flexibility index (Phi) is 6.92. The van der Waals surface area contributed by atoms with E-state index >= 15 is 0 Å². The number of nitrogens with two attached hydrogens (primary N) is 3. The number of carbonyl (C=O) groups is 2. The average molecular weight is 460 g/mol. The van der Waals surface area contributed by atoms with Crippen LogP contribution < -0.4 is 22.5 Å². The molecule has 10 nitrogen and oxygen atoms in total. The molecule has 4 aliphatic carbocycles. The lowest BCUT2D eigenvalue weighted by atomic mass is 9.49. The van der Waals surface area contributed by atoms with Crippen LogP contribution >= 0.6 is 0 Å². The van der Waals surface area contributed by atoms with Crippen molar-refractivity contribution in [3.8, 4) is 0 Å². The number of rotatable bonds is 10. The summed E-state index contributed by atoms with van der Waals surface area (Å²) < 4.78 is 4.81. The number of nitrogens with zero attached hydrogens (tertiary/aromatic N) is 2. The summed E-state index contributed by atoms with van der Waals surface area (Å²) in [5.41, 5.74) is 17.8. The zero-order valence-electron chi connectivity index (χ0n) is 19.4. The molecule has 8 N–H and O–H groups in total. The number of H-pyrrole nitrogens is 1. The maximum atomic E-state index is 12.7. The van der Waals surface area contributed by atoms with Crippen molar-refractivity contribution in [1.29, 1.82) is 0 Å². The number of carbonyl (C=O) groups excluding carboxylic acids is 2. The van der Waals surface area contributed by atoms with Gasteiger partial charge in [0.05, 0.1) is 13.2 Å². The van der Waals surface area contributed by atoms with Crippen LogP contribution in [0.1, 0.15) is 62.9 Å². The number of ether oxygens (including phenoxy) is 1. The highest BCUT2D eigenvalue weighted by atomic mass is 16.5. The molecule has 0 unspecified atom stereocenters. The van der Waals surface area contributed by atoms with Crippen LogP contribution in [0.25, 0.3) is 0 Å². The third-order valence-corrected chi connectivity index (χ3v) is 7.69. The lowest BCUT2D eigenvalue weighted by molar-refractivity contribution is -0.145. The fourth-order valence-electron chi connectivity index (χ4n) is 6.64. The number of aromatic nitrogens is 2. The van der Waals surface area contributed by atoms with Crippen molar-refractivity contribution < 1.29 is 14.3 Å². The molecule has 0 radical (unpaired) electrons. The van der Waals surface area contributed by atoms with E-state index in [4.69, 9.17) is 26.9 Å². The van der Waals surface area contributed by atoms with Crippen molar-refractivity contribution in [1.82, 2.24) is 15.3 Å². The second-order valence-corrected chi connectivity index (χ2v) is 10.3. The van der Waals surface area contributed by atoms with Gasteiger partial charge in [0.1, 0.15) is 11.9 Å². The highest BCUT2D eigenvalue weighted by Crippen LogP contribution is 2.60. The predicted molar refractivity (Wildman–Crippen MR) is 124 cm³/mol. The van der Waals surface area contributed by atoms with E-state index in [-0.39, 0.29) is 11.4 Å². The number of imidazole rings is 1. The minimum Gasteiger partial charge on any atom is -0.467 e. The smallest absolute Gasteiger partial charge is 0.328 e. The third-order valence-electron chi connectivity index (χ3n) is 7.69. The molecule has 1 aromatic rings. The van der Waals surface area contributed by atoms with Crippen molar-refractivity contribution in [3.05, 3.63) is 17.7 Å². The number of hydrogen-bond acceptors (Lipinski definition) is 6. The highest BCUT2D eigenvalue weighted by molar-refractivity contribution is 5.87. The van der Waals surface area contributed by atoms with Crippen LogP contribution in [0.3, 0.4) is 0 Å². The number of aliphatic imine (C=N–C) groups is 1. The molecule has 4 saturated carbocycles. The number of guanidine groups is 1. The standard InChI is InChI=1S/C23H37N7O3/c1-33-20(32)18(3-2-4-27-22(25)26)30-19(31)17(24)8-16-12-28-21(29-16)23-9-13-5-14(10-23)7-15(6-13)11-23/h12-15,17-18H,2-11,24H2,1H3,(H,28,29)(H,30,31)(H4,25,26,27)/t13?,14?,15?,17-,18-,23?/m0/s1. The molecule has 0 aliphatic heterocycles. The molecule has 0 saturated heterocycles. The average Bonchev–Trinajstić information content (AvgIpc) is 3.23. The summed E-state index contributed by atoms with van der Waals surface area (Å²) >= 11 is 0. The third kappa shape index (κ3) is 5.31. The van der Waals surface area contributed by atoms with Gasteiger partial charge in [-0.2, -0.15) is 0 Å². The van der Waals surface area contributed by atoms with E-state index in [9.17, 15) is 9.59 Å². The summed E-state index contributed by atoms with van der Waals surface area (Å²) in [6, 6.07) is -1.60. The molecule has 4 bridgehead atoms. The maximum absolute atomic E-state index is 12.7. The van der Waals surface area contributed by atoms with E-state index in [0.717, 1.165) is 29.3 Å². The van der Waals surface area contributed by atoms with Gasteiger partial charge in [0.15, 0.2) is 5.96 Å². The second-order valence-electron chi connectivity index (χ2n) is 10.3. The largest absolute Gasteiger partial charge is 0.467 e. The van der Waals surface area contributed by atoms with Crippen molar-refractivity contribution in [2.75, 3.05) is 13.7 Å². The van der Waals surface area contributed by atoms with Crippen LogP contribution in [0.4, 0.5) is 0 Å². The molecule has 0 spiro atoms. The maximum Gasteiger partial charge on any atom is 0.328 e. The molecular formula is C23H37N7O3. The highest BCUT2D eigenvalue weighted by Gasteiger charge is 2.53. The first-order chi connectivity index (χ1) is 15.8. The summed E-state index contributed by atoms with van der Waals surface area (Å²) in [5, 5.41) is 2.71. The Labute approximate surface area is 194 Å². The number of esters is 1. The Hall–Kier alpha value is -2.62. The van der Waals surface area contributed by atoms with E-state index < -0.39 is 24.0 Å². The fourth-order valence-corrected chi connectivity index (χ4v) is 6.64. The molecule has 10 heteroatoms. The summed E-state index contributed by atoms with van der Waals surface area (Å²) in [7, 11) is 1.29. The zero-order chi connectivity index (χ0) is 23.6. The van der Waals surface area contributed by atoms with E-state index in [2.05, 4.69) is 15.3 Å². The van der Waals surface area contributed by atoms with Crippen LogP contribution in [-0.2, 0) is 26.2 Å². The van der Waals surface area contributed by atoms with Gasteiger partial charge in [-0.25, -0.2) is 9.78 Å². The van der Waals surface area contributed by atoms with Gasteiger partial charge in [0.25, 0.3) is 0 Å². The van der Waals surface area contributed by atoms with Crippen LogP contribution in [0, 0.1) is 17.8 Å². The normalized spacial score (nSPS) is 29.3. The van der Waals surface area contributed by atoms with Gasteiger partial charge in [-0.1, -0.05) is 0 Å². The fraction of sp³-hybridized carbons (Fsp3) is 0.739. The molecule has 2 atom stereocenters. The quantitative estimate of drug-likeness (QED) is 0.146. The van der Waals surface area contributed by atoms with Gasteiger partial charge in [-0.15, -0.1) is 0 Å². The Balaban J connectivity index is 1.33. The zero-order valence-corrected chi connectivity index (χ0v) is 19.4. The van der Waals surface area contributed by atoms with Crippen LogP contribution in [0.15, 0.2) is 11.2 Å². The molecule has 5 rings (SSSR count). The second kappa shape index (κ2) is 9.70. The molecule has 182 valence electrons. The number of aromatic amines is 1. The van der Waals surface area contributed by atoms with Crippen LogP contribution in [-0.4, -0.2) is 53.5 Å². The number of methoxy groups -OCH3 is 1.